The Labute approximate surface area is 187 Å². The highest BCUT2D eigenvalue weighted by Gasteiger charge is 2.20. The van der Waals surface area contributed by atoms with Crippen molar-refractivity contribution in [3.8, 4) is 5.75 Å². The first-order valence-corrected chi connectivity index (χ1v) is 10.3. The molecule has 0 aliphatic carbocycles. The second-order valence-corrected chi connectivity index (χ2v) is 7.92. The van der Waals surface area contributed by atoms with Crippen LogP contribution in [-0.2, 0) is 4.79 Å². The van der Waals surface area contributed by atoms with Crippen molar-refractivity contribution in [2.45, 2.75) is 19.9 Å². The van der Waals surface area contributed by atoms with Gasteiger partial charge in [0.25, 0.3) is 0 Å². The summed E-state index contributed by atoms with van der Waals surface area (Å²) < 4.78 is 5.67. The van der Waals surface area contributed by atoms with Gasteiger partial charge in [0.2, 0.25) is 5.91 Å². The zero-order valence-corrected chi connectivity index (χ0v) is 18.7. The molecule has 0 fully saturated rings. The van der Waals surface area contributed by atoms with Gasteiger partial charge in [0.1, 0.15) is 5.75 Å². The van der Waals surface area contributed by atoms with Gasteiger partial charge in [-0.3, -0.25) is 9.69 Å². The van der Waals surface area contributed by atoms with E-state index in [1.807, 2.05) is 50.5 Å². The number of esters is 1. The molecule has 6 heteroatoms. The quantitative estimate of drug-likeness (QED) is 0.410. The molecule has 3 aromatic rings. The summed E-state index contributed by atoms with van der Waals surface area (Å²) in [5.74, 6) is -0.438. The molecular formula is C25H25ClN2O3. The second kappa shape index (κ2) is 9.77. The maximum absolute atomic E-state index is 12.9. The van der Waals surface area contributed by atoms with Crippen LogP contribution in [0.25, 0.3) is 0 Å². The lowest BCUT2D eigenvalue weighted by Gasteiger charge is -2.25. The molecule has 31 heavy (non-hydrogen) atoms. The number of carbonyl (C=O) groups excluding carboxylic acids is 2. The van der Waals surface area contributed by atoms with Crippen molar-refractivity contribution < 1.29 is 14.3 Å². The molecule has 1 unspecified atom stereocenters. The number of nitrogens with one attached hydrogen (secondary N) is 1. The fraction of sp³-hybridized carbons (Fsp3) is 0.200. The molecule has 0 spiro atoms. The summed E-state index contributed by atoms with van der Waals surface area (Å²) >= 11 is 6.17. The van der Waals surface area contributed by atoms with E-state index in [4.69, 9.17) is 16.3 Å². The van der Waals surface area contributed by atoms with E-state index in [0.717, 1.165) is 11.1 Å². The van der Waals surface area contributed by atoms with Crippen molar-refractivity contribution in [1.82, 2.24) is 4.90 Å². The van der Waals surface area contributed by atoms with Crippen molar-refractivity contribution in [2.75, 3.05) is 19.4 Å². The summed E-state index contributed by atoms with van der Waals surface area (Å²) in [5, 5.41) is 3.14. The number of ether oxygens (including phenoxy) is 1. The van der Waals surface area contributed by atoms with Crippen LogP contribution in [0.15, 0.2) is 66.7 Å². The maximum atomic E-state index is 12.9. The van der Waals surface area contributed by atoms with Gasteiger partial charge in [-0.2, -0.15) is 0 Å². The summed E-state index contributed by atoms with van der Waals surface area (Å²) in [6.07, 6.45) is 0. The maximum Gasteiger partial charge on any atom is 0.345 e. The Balaban J connectivity index is 1.92. The van der Waals surface area contributed by atoms with E-state index in [1.165, 1.54) is 6.92 Å². The number of benzene rings is 3. The monoisotopic (exact) mass is 436 g/mol. The average Bonchev–Trinajstić information content (AvgIpc) is 2.72. The molecule has 0 saturated carbocycles. The number of amides is 1. The van der Waals surface area contributed by atoms with Crippen LogP contribution in [0.3, 0.4) is 0 Å². The highest BCUT2D eigenvalue weighted by molar-refractivity contribution is 6.32. The number of hydrogen-bond donors (Lipinski definition) is 1. The number of carbonyl (C=O) groups is 2. The number of halogens is 1. The van der Waals surface area contributed by atoms with E-state index in [0.29, 0.717) is 22.0 Å². The van der Waals surface area contributed by atoms with Gasteiger partial charge in [0.05, 0.1) is 17.3 Å². The minimum absolute atomic E-state index is 0.00701. The first-order valence-electron chi connectivity index (χ1n) is 9.88. The summed E-state index contributed by atoms with van der Waals surface area (Å²) in [7, 11) is 4.01. The second-order valence-electron chi connectivity index (χ2n) is 7.51. The molecule has 3 aromatic carbocycles. The van der Waals surface area contributed by atoms with Gasteiger partial charge in [-0.05, 0) is 62.0 Å². The molecule has 0 radical (unpaired) electrons. The van der Waals surface area contributed by atoms with Crippen molar-refractivity contribution in [1.29, 1.82) is 0 Å². The minimum Gasteiger partial charge on any atom is -0.423 e. The molecule has 0 aromatic heterocycles. The number of nitrogens with zero attached hydrogens (tertiary/aromatic N) is 1. The summed E-state index contributed by atoms with van der Waals surface area (Å²) in [6.45, 7) is 3.12. The fourth-order valence-corrected chi connectivity index (χ4v) is 3.69. The van der Waals surface area contributed by atoms with Gasteiger partial charge in [-0.15, -0.1) is 0 Å². The summed E-state index contributed by atoms with van der Waals surface area (Å²) in [6, 6.07) is 20.8. The first-order chi connectivity index (χ1) is 14.8. The standard InChI is InChI=1S/C25H25ClN2O3/c1-16-22(26)14-13-21(23(16)27-17(2)29)25(30)31-20-12-8-11-19(15-20)24(28(3)4)18-9-6-5-7-10-18/h5-15,24H,1-4H3,(H,27,29). The van der Waals surface area contributed by atoms with Crippen LogP contribution < -0.4 is 10.1 Å². The Bertz CT molecular complexity index is 1100. The summed E-state index contributed by atoms with van der Waals surface area (Å²) in [4.78, 5) is 26.7. The van der Waals surface area contributed by atoms with Crippen molar-refractivity contribution in [3.63, 3.8) is 0 Å². The number of rotatable bonds is 6. The predicted octanol–water partition coefficient (Wildman–Crippen LogP) is 5.48. The van der Waals surface area contributed by atoms with E-state index >= 15 is 0 Å². The van der Waals surface area contributed by atoms with Crippen molar-refractivity contribution in [2.24, 2.45) is 0 Å². The van der Waals surface area contributed by atoms with E-state index in [2.05, 4.69) is 22.3 Å². The van der Waals surface area contributed by atoms with Crippen molar-refractivity contribution >= 4 is 29.2 Å². The molecule has 1 atom stereocenters. The molecule has 0 heterocycles. The highest BCUT2D eigenvalue weighted by Crippen LogP contribution is 2.31. The molecule has 0 aliphatic heterocycles. The van der Waals surface area contributed by atoms with Gasteiger partial charge in [-0.25, -0.2) is 4.79 Å². The van der Waals surface area contributed by atoms with Crippen LogP contribution >= 0.6 is 11.6 Å². The Morgan fingerprint density at radius 3 is 2.29 bits per heavy atom. The molecule has 0 bridgehead atoms. The number of hydrogen-bond acceptors (Lipinski definition) is 4. The lowest BCUT2D eigenvalue weighted by molar-refractivity contribution is -0.114. The zero-order chi connectivity index (χ0) is 22.5. The van der Waals surface area contributed by atoms with Gasteiger partial charge >= 0.3 is 5.97 Å². The molecule has 0 saturated heterocycles. The van der Waals surface area contributed by atoms with Gasteiger partial charge in [-0.1, -0.05) is 54.1 Å². The Morgan fingerprint density at radius 2 is 1.65 bits per heavy atom. The first kappa shape index (κ1) is 22.5. The zero-order valence-electron chi connectivity index (χ0n) is 18.0. The predicted molar refractivity (Wildman–Crippen MR) is 124 cm³/mol. The lowest BCUT2D eigenvalue weighted by Crippen LogP contribution is -2.21. The SMILES string of the molecule is CC(=O)Nc1c(C(=O)Oc2cccc(C(c3ccccc3)N(C)C)c2)ccc(Cl)c1C. The molecule has 1 amide bonds. The molecule has 0 aliphatic rings. The molecular weight excluding hydrogens is 412 g/mol. The average molecular weight is 437 g/mol. The Hall–Kier alpha value is -3.15. The Kier molecular flexibility index (Phi) is 7.10. The normalized spacial score (nSPS) is 11.8. The largest absolute Gasteiger partial charge is 0.423 e. The fourth-order valence-electron chi connectivity index (χ4n) is 3.53. The molecule has 1 N–H and O–H groups in total. The van der Waals surface area contributed by atoms with Crippen LogP contribution in [0.1, 0.15) is 40.0 Å². The molecule has 5 nitrogen and oxygen atoms in total. The highest BCUT2D eigenvalue weighted by atomic mass is 35.5. The third-order valence-electron chi connectivity index (χ3n) is 4.94. The van der Waals surface area contributed by atoms with Crippen LogP contribution in [0.4, 0.5) is 5.69 Å². The molecule has 3 rings (SSSR count). The minimum atomic E-state index is -0.568. The third kappa shape index (κ3) is 5.32. The third-order valence-corrected chi connectivity index (χ3v) is 5.35. The van der Waals surface area contributed by atoms with E-state index in [9.17, 15) is 9.59 Å². The van der Waals surface area contributed by atoms with E-state index < -0.39 is 5.97 Å². The van der Waals surface area contributed by atoms with Gasteiger partial charge < -0.3 is 10.1 Å². The Morgan fingerprint density at radius 1 is 0.968 bits per heavy atom. The van der Waals surface area contributed by atoms with Gasteiger partial charge in [0, 0.05) is 11.9 Å². The smallest absolute Gasteiger partial charge is 0.345 e. The lowest BCUT2D eigenvalue weighted by atomic mass is 9.97. The van der Waals surface area contributed by atoms with Crippen LogP contribution in [0.5, 0.6) is 5.75 Å². The molecule has 160 valence electrons. The topological polar surface area (TPSA) is 58.6 Å². The van der Waals surface area contributed by atoms with Crippen molar-refractivity contribution in [3.05, 3.63) is 94.0 Å². The van der Waals surface area contributed by atoms with Gasteiger partial charge in [0.15, 0.2) is 0 Å². The van der Waals surface area contributed by atoms with E-state index in [-0.39, 0.29) is 17.5 Å². The van der Waals surface area contributed by atoms with E-state index in [1.54, 1.807) is 25.1 Å². The van der Waals surface area contributed by atoms with Crippen LogP contribution in [0.2, 0.25) is 5.02 Å². The van der Waals surface area contributed by atoms with Crippen LogP contribution in [0, 0.1) is 6.92 Å². The number of anilines is 1. The summed E-state index contributed by atoms with van der Waals surface area (Å²) in [5.41, 5.74) is 3.34. The van der Waals surface area contributed by atoms with Crippen LogP contribution in [-0.4, -0.2) is 30.9 Å².